The largest absolute Gasteiger partial charge is 0.352 e. The van der Waals surface area contributed by atoms with Crippen LogP contribution in [0.1, 0.15) is 35.3 Å². The summed E-state index contributed by atoms with van der Waals surface area (Å²) in [5.74, 6) is -0.467. The number of aliphatic imine (C=N–C) groups is 1. The van der Waals surface area contributed by atoms with E-state index >= 15 is 0 Å². The summed E-state index contributed by atoms with van der Waals surface area (Å²) in [5.41, 5.74) is 6.61. The van der Waals surface area contributed by atoms with Gasteiger partial charge in [0.2, 0.25) is 0 Å². The van der Waals surface area contributed by atoms with Crippen molar-refractivity contribution in [3.05, 3.63) is 90.1 Å². The maximum Gasteiger partial charge on any atom is 0.251 e. The molecule has 0 atom stereocenters. The second kappa shape index (κ2) is 9.93. The molecule has 0 saturated heterocycles. The number of carbonyl (C=O) groups excluding carboxylic acids is 1. The Balaban J connectivity index is 1.44. The van der Waals surface area contributed by atoms with Crippen LogP contribution in [0.2, 0.25) is 0 Å². The summed E-state index contributed by atoms with van der Waals surface area (Å²) < 4.78 is 13.5. The van der Waals surface area contributed by atoms with Gasteiger partial charge in [-0.15, -0.1) is 0 Å². The Morgan fingerprint density at radius 2 is 1.74 bits per heavy atom. The van der Waals surface area contributed by atoms with Crippen molar-refractivity contribution in [2.45, 2.75) is 26.2 Å². The van der Waals surface area contributed by atoms with E-state index in [4.69, 9.17) is 9.97 Å². The molecule has 5 rings (SSSR count). The number of fused-ring (bicyclic) bond motifs is 1. The maximum absolute atomic E-state index is 13.5. The Morgan fingerprint density at radius 3 is 2.49 bits per heavy atom. The van der Waals surface area contributed by atoms with E-state index in [-0.39, 0.29) is 11.7 Å². The highest BCUT2D eigenvalue weighted by molar-refractivity contribution is 5.98. The van der Waals surface area contributed by atoms with Crippen LogP contribution in [-0.4, -0.2) is 33.1 Å². The Morgan fingerprint density at radius 1 is 0.971 bits per heavy atom. The molecule has 7 heteroatoms. The normalized spacial score (nSPS) is 12.7. The van der Waals surface area contributed by atoms with Gasteiger partial charge in [-0.05, 0) is 74.4 Å². The van der Waals surface area contributed by atoms with Crippen LogP contribution in [0, 0.1) is 12.7 Å². The third kappa shape index (κ3) is 5.14. The Labute approximate surface area is 202 Å². The van der Waals surface area contributed by atoms with Crippen LogP contribution in [0.3, 0.4) is 0 Å². The molecule has 1 amide bonds. The van der Waals surface area contributed by atoms with E-state index in [9.17, 15) is 9.18 Å². The number of aromatic nitrogens is 3. The molecule has 0 aliphatic carbocycles. The van der Waals surface area contributed by atoms with Gasteiger partial charge in [-0.25, -0.2) is 14.4 Å². The van der Waals surface area contributed by atoms with E-state index < -0.39 is 0 Å². The number of rotatable bonds is 7. The summed E-state index contributed by atoms with van der Waals surface area (Å²) >= 11 is 0. The predicted molar refractivity (Wildman–Crippen MR) is 136 cm³/mol. The van der Waals surface area contributed by atoms with Gasteiger partial charge >= 0.3 is 0 Å². The molecule has 4 aromatic rings. The molecule has 0 saturated carbocycles. The summed E-state index contributed by atoms with van der Waals surface area (Å²) in [6.07, 6.45) is 8.22. The summed E-state index contributed by atoms with van der Waals surface area (Å²) in [4.78, 5) is 31.1. The topological polar surface area (TPSA) is 80.1 Å². The molecule has 0 fully saturated rings. The minimum atomic E-state index is -0.315. The Bertz CT molecular complexity index is 1440. The first-order valence-electron chi connectivity index (χ1n) is 11.6. The lowest BCUT2D eigenvalue weighted by molar-refractivity contribution is 0.0953. The highest BCUT2D eigenvalue weighted by Crippen LogP contribution is 2.31. The number of hydrogen-bond acceptors (Lipinski definition) is 5. The van der Waals surface area contributed by atoms with Gasteiger partial charge in [-0.2, -0.15) is 0 Å². The van der Waals surface area contributed by atoms with Gasteiger partial charge in [0.05, 0.1) is 22.4 Å². The van der Waals surface area contributed by atoms with Gasteiger partial charge in [0.15, 0.2) is 0 Å². The van der Waals surface area contributed by atoms with Crippen LogP contribution < -0.4 is 5.32 Å². The summed E-state index contributed by atoms with van der Waals surface area (Å²) in [6.45, 7) is 2.49. The van der Waals surface area contributed by atoms with Crippen LogP contribution in [0.15, 0.2) is 78.1 Å². The zero-order valence-corrected chi connectivity index (χ0v) is 19.3. The molecule has 3 heterocycles. The number of hydrogen-bond donors (Lipinski definition) is 1. The second-order valence-corrected chi connectivity index (χ2v) is 8.46. The van der Waals surface area contributed by atoms with Crippen molar-refractivity contribution >= 4 is 22.7 Å². The van der Waals surface area contributed by atoms with Crippen LogP contribution >= 0.6 is 0 Å². The number of aryl methyl sites for hydroxylation is 1. The molecular weight excluding hydrogens is 441 g/mol. The standard InChI is InChI=1S/C28H24FN5O/c1-18-6-7-21(17-32-18)27-26(19-8-11-22(29)12-9-19)33-24-13-10-20(16-25(24)34-27)28(35)31-15-3-5-23-4-2-14-30-23/h2,6-14,16-17H,3-5,15H2,1H3,(H,31,35). The predicted octanol–water partition coefficient (Wildman–Crippen LogP) is 5.67. The first-order valence-corrected chi connectivity index (χ1v) is 11.6. The molecule has 1 N–H and O–H groups in total. The molecule has 6 nitrogen and oxygen atoms in total. The van der Waals surface area contributed by atoms with Gasteiger partial charge < -0.3 is 5.32 Å². The first kappa shape index (κ1) is 22.5. The molecule has 0 bridgehead atoms. The number of halogens is 1. The number of nitrogens with zero attached hydrogens (tertiary/aromatic N) is 4. The van der Waals surface area contributed by atoms with Gasteiger partial charge in [0, 0.05) is 53.5 Å². The lowest BCUT2D eigenvalue weighted by atomic mass is 10.0. The minimum absolute atomic E-state index is 0.152. The number of amides is 1. The molecule has 1 aliphatic rings. The fourth-order valence-corrected chi connectivity index (χ4v) is 3.98. The molecule has 174 valence electrons. The highest BCUT2D eigenvalue weighted by atomic mass is 19.1. The average Bonchev–Trinajstić information content (AvgIpc) is 3.40. The van der Waals surface area contributed by atoms with E-state index in [1.54, 1.807) is 36.5 Å². The average molecular weight is 466 g/mol. The van der Waals surface area contributed by atoms with E-state index in [0.29, 0.717) is 34.5 Å². The molecule has 0 spiro atoms. The van der Waals surface area contributed by atoms with Crippen molar-refractivity contribution in [2.75, 3.05) is 6.54 Å². The lowest BCUT2D eigenvalue weighted by Crippen LogP contribution is -2.24. The monoisotopic (exact) mass is 465 g/mol. The molecule has 35 heavy (non-hydrogen) atoms. The van der Waals surface area contributed by atoms with Gasteiger partial charge in [-0.3, -0.25) is 14.8 Å². The van der Waals surface area contributed by atoms with Crippen molar-refractivity contribution in [2.24, 2.45) is 4.99 Å². The van der Waals surface area contributed by atoms with Crippen molar-refractivity contribution in [3.8, 4) is 22.5 Å². The molecule has 2 aromatic carbocycles. The van der Waals surface area contributed by atoms with Gasteiger partial charge in [0.1, 0.15) is 5.82 Å². The van der Waals surface area contributed by atoms with E-state index in [1.165, 1.54) is 12.1 Å². The number of nitrogens with one attached hydrogen (secondary N) is 1. The zero-order valence-electron chi connectivity index (χ0n) is 19.3. The smallest absolute Gasteiger partial charge is 0.251 e. The summed E-state index contributed by atoms with van der Waals surface area (Å²) in [5, 5.41) is 2.97. The minimum Gasteiger partial charge on any atom is -0.352 e. The van der Waals surface area contributed by atoms with Crippen LogP contribution in [0.25, 0.3) is 33.5 Å². The van der Waals surface area contributed by atoms with Crippen LogP contribution in [-0.2, 0) is 0 Å². The lowest BCUT2D eigenvalue weighted by Gasteiger charge is -2.12. The molecule has 1 aliphatic heterocycles. The van der Waals surface area contributed by atoms with Crippen molar-refractivity contribution in [1.29, 1.82) is 0 Å². The van der Waals surface area contributed by atoms with Crippen molar-refractivity contribution < 1.29 is 9.18 Å². The third-order valence-electron chi connectivity index (χ3n) is 5.87. The molecule has 2 aromatic heterocycles. The van der Waals surface area contributed by atoms with E-state index in [2.05, 4.69) is 15.3 Å². The van der Waals surface area contributed by atoms with Crippen LogP contribution in [0.5, 0.6) is 0 Å². The van der Waals surface area contributed by atoms with E-state index in [1.807, 2.05) is 31.3 Å². The second-order valence-electron chi connectivity index (χ2n) is 8.46. The number of carbonyl (C=O) groups is 1. The number of allylic oxidation sites excluding steroid dienone is 1. The van der Waals surface area contributed by atoms with Gasteiger partial charge in [-0.1, -0.05) is 6.08 Å². The quantitative estimate of drug-likeness (QED) is 0.356. The molecular formula is C28H24FN5O. The van der Waals surface area contributed by atoms with Crippen LogP contribution in [0.4, 0.5) is 4.39 Å². The maximum atomic E-state index is 13.5. The first-order chi connectivity index (χ1) is 17.1. The third-order valence-corrected chi connectivity index (χ3v) is 5.87. The SMILES string of the molecule is Cc1ccc(-c2nc3cc(C(=O)NCCCC4=NC=CC4)ccc3nc2-c2ccc(F)cc2)cn1. The van der Waals surface area contributed by atoms with E-state index in [0.717, 1.165) is 41.8 Å². The molecule has 0 unspecified atom stereocenters. The van der Waals surface area contributed by atoms with Crippen molar-refractivity contribution in [1.82, 2.24) is 20.3 Å². The Hall–Kier alpha value is -4.26. The highest BCUT2D eigenvalue weighted by Gasteiger charge is 2.15. The fourth-order valence-electron chi connectivity index (χ4n) is 3.98. The fraction of sp³-hybridized carbons (Fsp3) is 0.179. The van der Waals surface area contributed by atoms with Gasteiger partial charge in [0.25, 0.3) is 5.91 Å². The zero-order chi connectivity index (χ0) is 24.2. The number of benzene rings is 2. The summed E-state index contributed by atoms with van der Waals surface area (Å²) in [7, 11) is 0. The summed E-state index contributed by atoms with van der Waals surface area (Å²) in [6, 6.07) is 15.3. The molecule has 0 radical (unpaired) electrons. The Kier molecular flexibility index (Phi) is 6.39. The van der Waals surface area contributed by atoms with Crippen molar-refractivity contribution in [3.63, 3.8) is 0 Å². The number of pyridine rings is 1.